The van der Waals surface area contributed by atoms with Crippen molar-refractivity contribution in [3.63, 3.8) is 0 Å². The minimum atomic E-state index is -0.297. The average molecular weight is 396 g/mol. The summed E-state index contributed by atoms with van der Waals surface area (Å²) in [6, 6.07) is 0. The van der Waals surface area contributed by atoms with Gasteiger partial charge in [-0.05, 0) is 12.5 Å². The van der Waals surface area contributed by atoms with E-state index < -0.39 is 0 Å². The van der Waals surface area contributed by atoms with Gasteiger partial charge in [-0.25, -0.2) is 0 Å². The molecule has 0 saturated carbocycles. The van der Waals surface area contributed by atoms with Crippen LogP contribution in [-0.2, 0) is 21.4 Å². The van der Waals surface area contributed by atoms with E-state index in [9.17, 15) is 9.59 Å². The van der Waals surface area contributed by atoms with Gasteiger partial charge in [-0.15, -0.1) is 10.2 Å². The summed E-state index contributed by atoms with van der Waals surface area (Å²) in [5.74, 6) is -0.337. The molecule has 0 spiro atoms. The van der Waals surface area contributed by atoms with Gasteiger partial charge < -0.3 is 15.4 Å². The molecule has 26 heavy (non-hydrogen) atoms. The molecule has 3 rings (SSSR count). The van der Waals surface area contributed by atoms with Gasteiger partial charge in [-0.3, -0.25) is 14.3 Å². The first-order valence-corrected chi connectivity index (χ1v) is 9.99. The van der Waals surface area contributed by atoms with E-state index >= 15 is 0 Å². The lowest BCUT2D eigenvalue weighted by atomic mass is 9.90. The van der Waals surface area contributed by atoms with Gasteiger partial charge in [-0.2, -0.15) is 5.10 Å². The zero-order chi connectivity index (χ0) is 18.5. The first kappa shape index (κ1) is 18.8. The second-order valence-corrected chi connectivity index (χ2v) is 7.97. The number of carbonyl (C=O) groups excluding carboxylic acids is 2. The number of amides is 1. The maximum atomic E-state index is 12.6. The van der Waals surface area contributed by atoms with Crippen molar-refractivity contribution in [3.05, 3.63) is 18.0 Å². The molecule has 1 saturated heterocycles. The lowest BCUT2D eigenvalue weighted by molar-refractivity contribution is -0.139. The van der Waals surface area contributed by atoms with Crippen LogP contribution in [0.25, 0.3) is 0 Å². The van der Waals surface area contributed by atoms with Crippen molar-refractivity contribution < 1.29 is 14.3 Å². The first-order valence-electron chi connectivity index (χ1n) is 8.19. The summed E-state index contributed by atoms with van der Waals surface area (Å²) >= 11 is 2.49. The molecule has 1 aliphatic rings. The Hall–Kier alpha value is -1.98. The Labute approximate surface area is 158 Å². The van der Waals surface area contributed by atoms with E-state index in [-0.39, 0.29) is 29.5 Å². The molecule has 0 bridgehead atoms. The zero-order valence-electron chi connectivity index (χ0n) is 14.5. The molecule has 3 heterocycles. The molecule has 2 aromatic heterocycles. The van der Waals surface area contributed by atoms with Crippen LogP contribution in [0.1, 0.15) is 18.4 Å². The Kier molecular flexibility index (Phi) is 6.22. The number of carbonyl (C=O) groups is 2. The predicted octanol–water partition coefficient (Wildman–Crippen LogP) is 0.869. The van der Waals surface area contributed by atoms with Gasteiger partial charge in [-0.1, -0.05) is 23.1 Å². The molecule has 0 aromatic carbocycles. The number of esters is 1. The Balaban J connectivity index is 1.57. The van der Waals surface area contributed by atoms with Gasteiger partial charge in [0.25, 0.3) is 0 Å². The fourth-order valence-electron chi connectivity index (χ4n) is 2.78. The molecular weight excluding hydrogens is 376 g/mol. The van der Waals surface area contributed by atoms with Crippen molar-refractivity contribution in [3.8, 4) is 0 Å². The highest BCUT2D eigenvalue weighted by molar-refractivity contribution is 8.01. The Morgan fingerprint density at radius 1 is 1.46 bits per heavy atom. The van der Waals surface area contributed by atoms with Crippen molar-refractivity contribution in [2.75, 3.05) is 30.8 Å². The number of nitrogens with one attached hydrogen (secondary N) is 2. The number of anilines is 1. The number of hydrogen-bond acceptors (Lipinski definition) is 9. The molecule has 9 nitrogen and oxygen atoms in total. The average Bonchev–Trinajstić information content (AvgIpc) is 3.33. The third kappa shape index (κ3) is 4.59. The standard InChI is InChI=1S/C15H20N6O3S2/c1-3-24-12(22)8-25-15-20-19-14(26-15)18-13(23)11-6-16-5-10(11)9-4-17-21(2)7-9/h4,7,10-11,16H,3,5-6,8H2,1-2H3,(H,18,19,23)/t10-,11+/m1/s1. The molecule has 0 aliphatic carbocycles. The fourth-order valence-corrected chi connectivity index (χ4v) is 4.33. The first-order chi connectivity index (χ1) is 12.6. The summed E-state index contributed by atoms with van der Waals surface area (Å²) in [5.41, 5.74) is 1.04. The largest absolute Gasteiger partial charge is 0.465 e. The highest BCUT2D eigenvalue weighted by atomic mass is 32.2. The van der Waals surface area contributed by atoms with Crippen molar-refractivity contribution >= 4 is 40.1 Å². The van der Waals surface area contributed by atoms with Crippen molar-refractivity contribution in [2.45, 2.75) is 17.2 Å². The summed E-state index contributed by atoms with van der Waals surface area (Å²) in [6.45, 7) is 3.46. The van der Waals surface area contributed by atoms with Crippen LogP contribution >= 0.6 is 23.1 Å². The maximum Gasteiger partial charge on any atom is 0.316 e. The fraction of sp³-hybridized carbons (Fsp3) is 0.533. The molecular formula is C15H20N6O3S2. The predicted molar refractivity (Wildman–Crippen MR) is 98.2 cm³/mol. The van der Waals surface area contributed by atoms with E-state index in [0.29, 0.717) is 22.6 Å². The van der Waals surface area contributed by atoms with E-state index in [4.69, 9.17) is 4.74 Å². The maximum absolute atomic E-state index is 12.6. The third-order valence-electron chi connectivity index (χ3n) is 3.96. The number of rotatable bonds is 7. The molecule has 2 N–H and O–H groups in total. The van der Waals surface area contributed by atoms with Crippen LogP contribution in [0.3, 0.4) is 0 Å². The molecule has 140 valence electrons. The van der Waals surface area contributed by atoms with Crippen LogP contribution in [0.5, 0.6) is 0 Å². The molecule has 0 radical (unpaired) electrons. The van der Waals surface area contributed by atoms with Gasteiger partial charge in [0.2, 0.25) is 11.0 Å². The van der Waals surface area contributed by atoms with Gasteiger partial charge in [0.15, 0.2) is 4.34 Å². The van der Waals surface area contributed by atoms with Crippen LogP contribution in [-0.4, -0.2) is 57.3 Å². The van der Waals surface area contributed by atoms with Crippen LogP contribution in [0.2, 0.25) is 0 Å². The van der Waals surface area contributed by atoms with Crippen LogP contribution in [0.4, 0.5) is 5.13 Å². The van der Waals surface area contributed by atoms with Gasteiger partial charge in [0.05, 0.1) is 24.5 Å². The second-order valence-electron chi connectivity index (χ2n) is 5.77. The zero-order valence-corrected chi connectivity index (χ0v) is 16.1. The molecule has 1 fully saturated rings. The van der Waals surface area contributed by atoms with Gasteiger partial charge in [0, 0.05) is 32.3 Å². The quantitative estimate of drug-likeness (QED) is 0.403. The SMILES string of the molecule is CCOC(=O)CSc1nnc(NC(=O)[C@H]2CNC[C@@H]2c2cnn(C)c2)s1. The van der Waals surface area contributed by atoms with Crippen LogP contribution < -0.4 is 10.6 Å². The highest BCUT2D eigenvalue weighted by Gasteiger charge is 2.35. The number of aromatic nitrogens is 4. The van der Waals surface area contributed by atoms with E-state index in [0.717, 1.165) is 12.1 Å². The van der Waals surface area contributed by atoms with Gasteiger partial charge >= 0.3 is 5.97 Å². The number of aryl methyl sites for hydroxylation is 1. The molecule has 1 aliphatic heterocycles. The normalized spacial score (nSPS) is 19.5. The Morgan fingerprint density at radius 3 is 3.04 bits per heavy atom. The lowest BCUT2D eigenvalue weighted by Gasteiger charge is -2.15. The molecule has 2 atom stereocenters. The Bertz CT molecular complexity index is 777. The minimum Gasteiger partial charge on any atom is -0.465 e. The van der Waals surface area contributed by atoms with E-state index in [1.54, 1.807) is 17.8 Å². The number of thioether (sulfide) groups is 1. The number of nitrogens with zero attached hydrogens (tertiary/aromatic N) is 4. The van der Waals surface area contributed by atoms with Crippen LogP contribution in [0.15, 0.2) is 16.7 Å². The number of ether oxygens (including phenoxy) is 1. The topological polar surface area (TPSA) is 111 Å². The lowest BCUT2D eigenvalue weighted by Crippen LogP contribution is -2.28. The molecule has 11 heteroatoms. The smallest absolute Gasteiger partial charge is 0.316 e. The Morgan fingerprint density at radius 2 is 2.31 bits per heavy atom. The minimum absolute atomic E-state index is 0.0780. The second kappa shape index (κ2) is 8.60. The van der Waals surface area contributed by atoms with Crippen molar-refractivity contribution in [1.82, 2.24) is 25.3 Å². The summed E-state index contributed by atoms with van der Waals surface area (Å²) < 4.78 is 7.22. The van der Waals surface area contributed by atoms with E-state index in [1.165, 1.54) is 23.1 Å². The summed E-state index contributed by atoms with van der Waals surface area (Å²) in [4.78, 5) is 24.0. The molecule has 1 amide bonds. The third-order valence-corrected chi connectivity index (χ3v) is 5.90. The van der Waals surface area contributed by atoms with E-state index in [1.807, 2.05) is 13.2 Å². The van der Waals surface area contributed by atoms with Crippen molar-refractivity contribution in [1.29, 1.82) is 0 Å². The summed E-state index contributed by atoms with van der Waals surface area (Å²) in [7, 11) is 1.86. The van der Waals surface area contributed by atoms with Gasteiger partial charge in [0.1, 0.15) is 0 Å². The van der Waals surface area contributed by atoms with Crippen LogP contribution in [0, 0.1) is 5.92 Å². The van der Waals surface area contributed by atoms with Crippen molar-refractivity contribution in [2.24, 2.45) is 13.0 Å². The molecule has 0 unspecified atom stereocenters. The highest BCUT2D eigenvalue weighted by Crippen LogP contribution is 2.30. The summed E-state index contributed by atoms with van der Waals surface area (Å²) in [6.07, 6.45) is 3.74. The molecule has 2 aromatic rings. The summed E-state index contributed by atoms with van der Waals surface area (Å²) in [5, 5.41) is 18.7. The monoisotopic (exact) mass is 396 g/mol. The van der Waals surface area contributed by atoms with E-state index in [2.05, 4.69) is 25.9 Å². The number of hydrogen-bond donors (Lipinski definition) is 2.